The van der Waals surface area contributed by atoms with E-state index in [0.29, 0.717) is 19.5 Å². The molecule has 0 aromatic heterocycles. The Kier molecular flexibility index (Phi) is 4.48. The first-order chi connectivity index (χ1) is 7.97. The summed E-state index contributed by atoms with van der Waals surface area (Å²) in [5.41, 5.74) is 0. The molecule has 0 aromatic rings. The van der Waals surface area contributed by atoms with Crippen molar-refractivity contribution in [2.45, 2.75) is 39.3 Å². The van der Waals surface area contributed by atoms with Gasteiger partial charge in [0.25, 0.3) is 0 Å². The van der Waals surface area contributed by atoms with E-state index in [1.54, 1.807) is 11.8 Å². The Balaban J connectivity index is 2.72. The van der Waals surface area contributed by atoms with E-state index in [1.807, 2.05) is 6.92 Å². The molecule has 1 saturated heterocycles. The van der Waals surface area contributed by atoms with Crippen molar-refractivity contribution in [3.63, 3.8) is 0 Å². The lowest BCUT2D eigenvalue weighted by atomic mass is 10.1. The zero-order valence-corrected chi connectivity index (χ0v) is 10.4. The topological polar surface area (TPSA) is 78.5 Å². The smallest absolute Gasteiger partial charge is 0.245 e. The van der Waals surface area contributed by atoms with Crippen LogP contribution in [-0.2, 0) is 14.4 Å². The molecule has 1 aliphatic heterocycles. The lowest BCUT2D eigenvalue weighted by Crippen LogP contribution is -2.60. The van der Waals surface area contributed by atoms with Gasteiger partial charge in [0, 0.05) is 20.0 Å². The molecule has 17 heavy (non-hydrogen) atoms. The van der Waals surface area contributed by atoms with Crippen LogP contribution in [0.25, 0.3) is 0 Å². The predicted molar refractivity (Wildman–Crippen MR) is 62.1 cm³/mol. The number of hydrogen-bond donors (Lipinski definition) is 2. The summed E-state index contributed by atoms with van der Waals surface area (Å²) in [6.45, 7) is 5.81. The van der Waals surface area contributed by atoms with Gasteiger partial charge in [0.05, 0.1) is 0 Å². The van der Waals surface area contributed by atoms with Crippen LogP contribution in [0.1, 0.15) is 27.2 Å². The van der Waals surface area contributed by atoms with E-state index >= 15 is 0 Å². The summed E-state index contributed by atoms with van der Waals surface area (Å²) in [7, 11) is 0. The van der Waals surface area contributed by atoms with Crippen LogP contribution in [0.3, 0.4) is 0 Å². The monoisotopic (exact) mass is 241 g/mol. The first-order valence-corrected chi connectivity index (χ1v) is 5.82. The van der Waals surface area contributed by atoms with Gasteiger partial charge in [-0.05, 0) is 13.3 Å². The fourth-order valence-electron chi connectivity index (χ4n) is 2.00. The Hall–Kier alpha value is -1.59. The molecule has 96 valence electrons. The molecule has 6 heteroatoms. The second-order valence-electron chi connectivity index (χ2n) is 4.17. The summed E-state index contributed by atoms with van der Waals surface area (Å²) in [5.74, 6) is -0.579. The lowest BCUT2D eigenvalue weighted by Gasteiger charge is -2.36. The van der Waals surface area contributed by atoms with Gasteiger partial charge in [0.15, 0.2) is 0 Å². The van der Waals surface area contributed by atoms with Gasteiger partial charge in [-0.25, -0.2) is 0 Å². The maximum atomic E-state index is 12.1. The molecular formula is C11H19N3O3. The standard InChI is InChI=1S/C11H19N3O3/c1-4-9-10(16)12-5-6-14(9)11(17)7(2)13-8(3)15/h7,9H,4-6H2,1-3H3,(H,12,16)(H,13,15). The fraction of sp³-hybridized carbons (Fsp3) is 0.727. The summed E-state index contributed by atoms with van der Waals surface area (Å²) in [6, 6.07) is -1.01. The minimum atomic E-state index is -0.590. The van der Waals surface area contributed by atoms with Gasteiger partial charge < -0.3 is 15.5 Å². The number of rotatable bonds is 3. The minimum absolute atomic E-state index is 0.123. The van der Waals surface area contributed by atoms with E-state index < -0.39 is 12.1 Å². The Morgan fingerprint density at radius 1 is 1.59 bits per heavy atom. The van der Waals surface area contributed by atoms with E-state index in [4.69, 9.17) is 0 Å². The number of piperazine rings is 1. The van der Waals surface area contributed by atoms with Crippen LogP contribution in [-0.4, -0.2) is 47.8 Å². The van der Waals surface area contributed by atoms with Crippen molar-refractivity contribution in [1.82, 2.24) is 15.5 Å². The molecule has 0 bridgehead atoms. The molecule has 0 aliphatic carbocycles. The average molecular weight is 241 g/mol. The Morgan fingerprint density at radius 3 is 2.76 bits per heavy atom. The Labute approximate surface area is 101 Å². The number of carbonyl (C=O) groups excluding carboxylic acids is 3. The van der Waals surface area contributed by atoms with Gasteiger partial charge in [0.2, 0.25) is 17.7 Å². The van der Waals surface area contributed by atoms with Crippen molar-refractivity contribution in [2.24, 2.45) is 0 Å². The minimum Gasteiger partial charge on any atom is -0.353 e. The highest BCUT2D eigenvalue weighted by atomic mass is 16.2. The van der Waals surface area contributed by atoms with Crippen molar-refractivity contribution < 1.29 is 14.4 Å². The van der Waals surface area contributed by atoms with E-state index in [9.17, 15) is 14.4 Å². The average Bonchev–Trinajstić information content (AvgIpc) is 2.26. The van der Waals surface area contributed by atoms with Crippen molar-refractivity contribution in [1.29, 1.82) is 0 Å². The number of hydrogen-bond acceptors (Lipinski definition) is 3. The van der Waals surface area contributed by atoms with Gasteiger partial charge in [-0.1, -0.05) is 6.92 Å². The number of nitrogens with one attached hydrogen (secondary N) is 2. The summed E-state index contributed by atoms with van der Waals surface area (Å²) < 4.78 is 0. The molecule has 0 radical (unpaired) electrons. The molecule has 1 rings (SSSR count). The summed E-state index contributed by atoms with van der Waals surface area (Å²) >= 11 is 0. The number of amides is 3. The Bertz CT molecular complexity index is 330. The molecule has 1 heterocycles. The fourth-order valence-corrected chi connectivity index (χ4v) is 2.00. The first-order valence-electron chi connectivity index (χ1n) is 5.82. The molecule has 0 aromatic carbocycles. The van der Waals surface area contributed by atoms with Crippen LogP contribution in [0, 0.1) is 0 Å². The van der Waals surface area contributed by atoms with E-state index in [0.717, 1.165) is 0 Å². The molecule has 1 fully saturated rings. The second kappa shape index (κ2) is 5.65. The van der Waals surface area contributed by atoms with E-state index in [1.165, 1.54) is 6.92 Å². The van der Waals surface area contributed by atoms with Crippen molar-refractivity contribution in [3.8, 4) is 0 Å². The van der Waals surface area contributed by atoms with Gasteiger partial charge in [-0.2, -0.15) is 0 Å². The zero-order valence-electron chi connectivity index (χ0n) is 10.4. The molecule has 2 atom stereocenters. The third kappa shape index (κ3) is 3.18. The molecule has 3 amide bonds. The molecule has 0 saturated carbocycles. The molecule has 1 aliphatic rings. The quantitative estimate of drug-likeness (QED) is 0.682. The molecular weight excluding hydrogens is 222 g/mol. The predicted octanol–water partition coefficient (Wildman–Crippen LogP) is -0.752. The highest BCUT2D eigenvalue weighted by Crippen LogP contribution is 2.10. The second-order valence-corrected chi connectivity index (χ2v) is 4.17. The molecule has 2 N–H and O–H groups in total. The lowest BCUT2D eigenvalue weighted by molar-refractivity contribution is -0.145. The van der Waals surface area contributed by atoms with Crippen LogP contribution >= 0.6 is 0 Å². The SMILES string of the molecule is CCC1C(=O)NCCN1C(=O)C(C)NC(C)=O. The van der Waals surface area contributed by atoms with Crippen LogP contribution in [0.5, 0.6) is 0 Å². The van der Waals surface area contributed by atoms with E-state index in [2.05, 4.69) is 10.6 Å². The molecule has 2 unspecified atom stereocenters. The molecule has 0 spiro atoms. The normalized spacial score (nSPS) is 21.7. The third-order valence-electron chi connectivity index (χ3n) is 2.79. The maximum absolute atomic E-state index is 12.1. The van der Waals surface area contributed by atoms with Gasteiger partial charge >= 0.3 is 0 Å². The Morgan fingerprint density at radius 2 is 2.24 bits per heavy atom. The van der Waals surface area contributed by atoms with Crippen LogP contribution in [0.15, 0.2) is 0 Å². The third-order valence-corrected chi connectivity index (χ3v) is 2.79. The first kappa shape index (κ1) is 13.5. The van der Waals surface area contributed by atoms with Crippen molar-refractivity contribution >= 4 is 17.7 Å². The van der Waals surface area contributed by atoms with E-state index in [-0.39, 0.29) is 17.7 Å². The summed E-state index contributed by atoms with van der Waals surface area (Å²) in [6.07, 6.45) is 0.574. The number of nitrogens with zero attached hydrogens (tertiary/aromatic N) is 1. The highest BCUT2D eigenvalue weighted by molar-refractivity contribution is 5.92. The largest absolute Gasteiger partial charge is 0.353 e. The maximum Gasteiger partial charge on any atom is 0.245 e. The van der Waals surface area contributed by atoms with Crippen LogP contribution in [0.4, 0.5) is 0 Å². The van der Waals surface area contributed by atoms with Gasteiger partial charge in [-0.3, -0.25) is 14.4 Å². The van der Waals surface area contributed by atoms with Crippen molar-refractivity contribution in [3.05, 3.63) is 0 Å². The summed E-state index contributed by atoms with van der Waals surface area (Å²) in [4.78, 5) is 36.1. The van der Waals surface area contributed by atoms with Gasteiger partial charge in [-0.15, -0.1) is 0 Å². The number of carbonyl (C=O) groups is 3. The van der Waals surface area contributed by atoms with Crippen LogP contribution in [0.2, 0.25) is 0 Å². The van der Waals surface area contributed by atoms with Crippen LogP contribution < -0.4 is 10.6 Å². The van der Waals surface area contributed by atoms with Crippen molar-refractivity contribution in [2.75, 3.05) is 13.1 Å². The summed E-state index contributed by atoms with van der Waals surface area (Å²) in [5, 5.41) is 5.26. The molecule has 6 nitrogen and oxygen atoms in total. The highest BCUT2D eigenvalue weighted by Gasteiger charge is 2.33. The van der Waals surface area contributed by atoms with Gasteiger partial charge in [0.1, 0.15) is 12.1 Å². The zero-order chi connectivity index (χ0) is 13.0.